The fourth-order valence-electron chi connectivity index (χ4n) is 2.67. The molecule has 3 aromatic rings. The number of halogens is 1. The fourth-order valence-corrected chi connectivity index (χ4v) is 2.67. The summed E-state index contributed by atoms with van der Waals surface area (Å²) < 4.78 is 20.0. The second-order valence-corrected chi connectivity index (χ2v) is 6.22. The summed E-state index contributed by atoms with van der Waals surface area (Å²) in [6.07, 6.45) is -0.0859. The van der Waals surface area contributed by atoms with Gasteiger partial charge >= 0.3 is 11.1 Å². The fraction of sp³-hybridized carbons (Fsp3) is 0.211. The summed E-state index contributed by atoms with van der Waals surface area (Å²) in [7, 11) is 0. The van der Waals surface area contributed by atoms with Crippen LogP contribution in [-0.2, 0) is 11.3 Å². The molecule has 0 saturated carbocycles. The molecule has 140 valence electrons. The number of benzene rings is 2. The molecule has 0 aliphatic rings. The normalized spacial score (nSPS) is 11.0. The van der Waals surface area contributed by atoms with Crippen molar-refractivity contribution >= 4 is 22.6 Å². The van der Waals surface area contributed by atoms with E-state index < -0.39 is 29.4 Å². The third-order valence-electron chi connectivity index (χ3n) is 3.76. The Morgan fingerprint density at radius 1 is 1.22 bits per heavy atom. The molecule has 0 aliphatic carbocycles. The molecule has 2 N–H and O–H groups in total. The Balaban J connectivity index is 1.93. The summed E-state index contributed by atoms with van der Waals surface area (Å²) in [5, 5.41) is 2.68. The van der Waals surface area contributed by atoms with Crippen molar-refractivity contribution in [3.63, 3.8) is 0 Å². The first-order chi connectivity index (χ1) is 12.8. The number of aromatic nitrogens is 2. The van der Waals surface area contributed by atoms with E-state index in [4.69, 9.17) is 4.74 Å². The average Bonchev–Trinajstić information content (AvgIpc) is 2.60. The molecule has 0 bridgehead atoms. The van der Waals surface area contributed by atoms with Crippen LogP contribution in [0.4, 0.5) is 10.1 Å². The smallest absolute Gasteiger partial charge is 0.317 e. The Labute approximate surface area is 153 Å². The van der Waals surface area contributed by atoms with Gasteiger partial charge in [-0.3, -0.25) is 19.0 Å². The number of ether oxygens (including phenoxy) is 1. The number of amides is 1. The number of H-pyrrole nitrogens is 1. The SMILES string of the molecule is CC(C)Oc1ccccc1NC(=O)Cn1c(=O)c(=O)[nH]c2cc(F)ccc21. The van der Waals surface area contributed by atoms with Gasteiger partial charge in [0, 0.05) is 0 Å². The van der Waals surface area contributed by atoms with Crippen molar-refractivity contribution in [2.75, 3.05) is 5.32 Å². The van der Waals surface area contributed by atoms with Crippen LogP contribution in [0.1, 0.15) is 13.8 Å². The highest BCUT2D eigenvalue weighted by atomic mass is 19.1. The van der Waals surface area contributed by atoms with Gasteiger partial charge in [0.05, 0.1) is 22.8 Å². The highest BCUT2D eigenvalue weighted by Crippen LogP contribution is 2.24. The van der Waals surface area contributed by atoms with Crippen molar-refractivity contribution < 1.29 is 13.9 Å². The van der Waals surface area contributed by atoms with Crippen LogP contribution in [0.3, 0.4) is 0 Å². The largest absolute Gasteiger partial charge is 0.489 e. The Bertz CT molecular complexity index is 1120. The van der Waals surface area contributed by atoms with Gasteiger partial charge in [-0.1, -0.05) is 12.1 Å². The number of para-hydroxylation sites is 2. The van der Waals surface area contributed by atoms with Crippen LogP contribution < -0.4 is 21.2 Å². The van der Waals surface area contributed by atoms with Crippen molar-refractivity contribution in [1.29, 1.82) is 0 Å². The van der Waals surface area contributed by atoms with Crippen molar-refractivity contribution in [2.24, 2.45) is 0 Å². The van der Waals surface area contributed by atoms with Crippen LogP contribution in [0.2, 0.25) is 0 Å². The molecule has 0 radical (unpaired) electrons. The van der Waals surface area contributed by atoms with Gasteiger partial charge in [0.15, 0.2) is 0 Å². The molecule has 3 rings (SSSR count). The number of fused-ring (bicyclic) bond motifs is 1. The molecule has 0 atom stereocenters. The van der Waals surface area contributed by atoms with E-state index in [1.807, 2.05) is 13.8 Å². The first-order valence-corrected chi connectivity index (χ1v) is 8.33. The lowest BCUT2D eigenvalue weighted by Gasteiger charge is -2.15. The number of nitrogens with one attached hydrogen (secondary N) is 2. The standard InChI is InChI=1S/C19H18FN3O4/c1-11(2)27-16-6-4-3-5-13(16)21-17(24)10-23-15-8-7-12(20)9-14(15)22-18(25)19(23)26/h3-9,11H,10H2,1-2H3,(H,21,24)(H,22,25). The van der Waals surface area contributed by atoms with E-state index >= 15 is 0 Å². The maximum atomic E-state index is 13.4. The van der Waals surface area contributed by atoms with E-state index in [0.29, 0.717) is 11.4 Å². The highest BCUT2D eigenvalue weighted by molar-refractivity contribution is 5.92. The Hall–Kier alpha value is -3.42. The third-order valence-corrected chi connectivity index (χ3v) is 3.76. The third kappa shape index (κ3) is 4.05. The van der Waals surface area contributed by atoms with Crippen molar-refractivity contribution in [3.05, 3.63) is 69.0 Å². The summed E-state index contributed by atoms with van der Waals surface area (Å²) in [4.78, 5) is 38.8. The van der Waals surface area contributed by atoms with Crippen molar-refractivity contribution in [2.45, 2.75) is 26.5 Å². The average molecular weight is 371 g/mol. The lowest BCUT2D eigenvalue weighted by Crippen LogP contribution is -2.38. The molecule has 0 saturated heterocycles. The van der Waals surface area contributed by atoms with Gasteiger partial charge in [0.1, 0.15) is 18.1 Å². The highest BCUT2D eigenvalue weighted by Gasteiger charge is 2.14. The number of nitrogens with zero attached hydrogens (tertiary/aromatic N) is 1. The minimum Gasteiger partial charge on any atom is -0.489 e. The number of aromatic amines is 1. The zero-order valence-electron chi connectivity index (χ0n) is 14.8. The summed E-state index contributed by atoms with van der Waals surface area (Å²) in [6, 6.07) is 10.5. The second kappa shape index (κ2) is 7.45. The maximum Gasteiger partial charge on any atom is 0.317 e. The molecule has 2 aromatic carbocycles. The molecular weight excluding hydrogens is 353 g/mol. The molecule has 1 amide bonds. The molecule has 0 fully saturated rings. The minimum atomic E-state index is -0.926. The lowest BCUT2D eigenvalue weighted by atomic mass is 10.2. The van der Waals surface area contributed by atoms with Gasteiger partial charge in [-0.15, -0.1) is 0 Å². The number of carbonyl (C=O) groups excluding carboxylic acids is 1. The predicted molar refractivity (Wildman–Crippen MR) is 99.6 cm³/mol. The molecular formula is C19H18FN3O4. The molecule has 0 unspecified atom stereocenters. The van der Waals surface area contributed by atoms with Crippen LogP contribution in [-0.4, -0.2) is 21.6 Å². The van der Waals surface area contributed by atoms with Gasteiger partial charge in [-0.2, -0.15) is 0 Å². The number of hydrogen-bond acceptors (Lipinski definition) is 4. The van der Waals surface area contributed by atoms with E-state index in [-0.39, 0.29) is 17.1 Å². The Kier molecular flexibility index (Phi) is 5.07. The zero-order chi connectivity index (χ0) is 19.6. The number of hydrogen-bond donors (Lipinski definition) is 2. The van der Waals surface area contributed by atoms with Crippen molar-refractivity contribution in [1.82, 2.24) is 9.55 Å². The molecule has 8 heteroatoms. The molecule has 7 nitrogen and oxygen atoms in total. The van der Waals surface area contributed by atoms with Crippen LogP contribution in [0.5, 0.6) is 5.75 Å². The van der Waals surface area contributed by atoms with Gasteiger partial charge in [0.25, 0.3) is 0 Å². The summed E-state index contributed by atoms with van der Waals surface area (Å²) in [5.41, 5.74) is -0.983. The molecule has 0 spiro atoms. The molecule has 1 heterocycles. The van der Waals surface area contributed by atoms with Crippen LogP contribution in [0.15, 0.2) is 52.1 Å². The first-order valence-electron chi connectivity index (χ1n) is 8.33. The van der Waals surface area contributed by atoms with Gasteiger partial charge in [-0.25, -0.2) is 4.39 Å². The van der Waals surface area contributed by atoms with E-state index in [0.717, 1.165) is 16.7 Å². The summed E-state index contributed by atoms with van der Waals surface area (Å²) in [5.74, 6) is -0.591. The first kappa shape index (κ1) is 18.4. The minimum absolute atomic E-state index is 0.0859. The van der Waals surface area contributed by atoms with E-state index in [2.05, 4.69) is 10.3 Å². The number of rotatable bonds is 5. The van der Waals surface area contributed by atoms with Crippen LogP contribution in [0, 0.1) is 5.82 Å². The van der Waals surface area contributed by atoms with Crippen LogP contribution in [0.25, 0.3) is 11.0 Å². The second-order valence-electron chi connectivity index (χ2n) is 6.22. The molecule has 27 heavy (non-hydrogen) atoms. The molecule has 0 aliphatic heterocycles. The topological polar surface area (TPSA) is 93.2 Å². The van der Waals surface area contributed by atoms with Gasteiger partial charge in [0.2, 0.25) is 5.91 Å². The Morgan fingerprint density at radius 3 is 2.70 bits per heavy atom. The maximum absolute atomic E-state index is 13.4. The van der Waals surface area contributed by atoms with E-state index in [9.17, 15) is 18.8 Å². The lowest BCUT2D eigenvalue weighted by molar-refractivity contribution is -0.116. The van der Waals surface area contributed by atoms with Crippen LogP contribution >= 0.6 is 0 Å². The summed E-state index contributed by atoms with van der Waals surface area (Å²) >= 11 is 0. The zero-order valence-corrected chi connectivity index (χ0v) is 14.8. The monoisotopic (exact) mass is 371 g/mol. The predicted octanol–water partition coefficient (Wildman–Crippen LogP) is 2.25. The summed E-state index contributed by atoms with van der Waals surface area (Å²) in [6.45, 7) is 3.32. The van der Waals surface area contributed by atoms with Gasteiger partial charge < -0.3 is 15.0 Å². The van der Waals surface area contributed by atoms with Crippen molar-refractivity contribution in [3.8, 4) is 5.75 Å². The number of anilines is 1. The Morgan fingerprint density at radius 2 is 1.96 bits per heavy atom. The van der Waals surface area contributed by atoms with E-state index in [1.165, 1.54) is 6.07 Å². The number of carbonyl (C=O) groups is 1. The van der Waals surface area contributed by atoms with Gasteiger partial charge in [-0.05, 0) is 44.2 Å². The molecule has 1 aromatic heterocycles. The van der Waals surface area contributed by atoms with E-state index in [1.54, 1.807) is 24.3 Å². The quantitative estimate of drug-likeness (QED) is 0.673.